The molecule has 2 heterocycles. The van der Waals surface area contributed by atoms with Gasteiger partial charge in [0.2, 0.25) is 5.90 Å². The Morgan fingerprint density at radius 1 is 0.758 bits per heavy atom. The van der Waals surface area contributed by atoms with Crippen LogP contribution in [0, 0.1) is 0 Å². The Hall–Kier alpha value is -2.22. The van der Waals surface area contributed by atoms with Crippen LogP contribution in [0.3, 0.4) is 0 Å². The molecule has 0 fully saturated rings. The number of carbonyl (C=O) groups is 3. The number of aromatic nitrogens is 2. The van der Waals surface area contributed by atoms with E-state index in [0.29, 0.717) is 11.5 Å². The summed E-state index contributed by atoms with van der Waals surface area (Å²) in [7, 11) is 5.71. The van der Waals surface area contributed by atoms with E-state index in [1.807, 2.05) is 36.4 Å². The second kappa shape index (κ2) is 16.4. The second-order valence-electron chi connectivity index (χ2n) is 5.96. The van der Waals surface area contributed by atoms with Crippen molar-refractivity contribution in [3.8, 4) is 0 Å². The van der Waals surface area contributed by atoms with E-state index in [2.05, 4.69) is 15.1 Å². The van der Waals surface area contributed by atoms with Crippen LogP contribution < -0.4 is 0 Å². The quantitative estimate of drug-likeness (QED) is 0.0570. The lowest BCUT2D eigenvalue weighted by Crippen LogP contribution is -2.17. The minimum atomic E-state index is -0.790. The number of ether oxygens (including phenoxy) is 2. The van der Waals surface area contributed by atoms with Gasteiger partial charge in [0.1, 0.15) is 10.1 Å². The summed E-state index contributed by atoms with van der Waals surface area (Å²) in [4.78, 5) is 43.7. The van der Waals surface area contributed by atoms with Gasteiger partial charge in [-0.3, -0.25) is 14.4 Å². The molecule has 13 heteroatoms. The van der Waals surface area contributed by atoms with Gasteiger partial charge in [0, 0.05) is 30.3 Å². The Labute approximate surface area is 206 Å². The third kappa shape index (κ3) is 12.6. The van der Waals surface area contributed by atoms with Crippen molar-refractivity contribution in [1.29, 1.82) is 0 Å². The monoisotopic (exact) mass is 527 g/mol. The van der Waals surface area contributed by atoms with Crippen molar-refractivity contribution >= 4 is 67.0 Å². The van der Waals surface area contributed by atoms with Crippen molar-refractivity contribution in [2.45, 2.75) is 35.7 Å². The first-order chi connectivity index (χ1) is 16.1. The van der Waals surface area contributed by atoms with E-state index >= 15 is 0 Å². The minimum Gasteiger partial charge on any atom is -0.408 e. The Bertz CT molecular complexity index is 919. The standard InChI is InChI=1S/C20H21N3O6S4/c24-18(29-20(26)10-14-31-33-17-6-2-4-12-22-17)8-7-15(23-27)28-19(25)9-13-30-32-16-5-1-3-11-21-16/h1-6,11-12,27H,7-10,13-14H2/b23-15-. The van der Waals surface area contributed by atoms with Crippen LogP contribution in [-0.2, 0) is 23.9 Å². The van der Waals surface area contributed by atoms with Gasteiger partial charge in [-0.15, -0.1) is 0 Å². The number of rotatable bonds is 13. The molecular weight excluding hydrogens is 507 g/mol. The summed E-state index contributed by atoms with van der Waals surface area (Å²) in [6.07, 6.45) is 3.06. The topological polar surface area (TPSA) is 128 Å². The Morgan fingerprint density at radius 3 is 1.76 bits per heavy atom. The van der Waals surface area contributed by atoms with Crippen LogP contribution in [0.4, 0.5) is 0 Å². The maximum atomic E-state index is 11.9. The van der Waals surface area contributed by atoms with Crippen LogP contribution in [0.2, 0.25) is 0 Å². The molecule has 0 bridgehead atoms. The van der Waals surface area contributed by atoms with E-state index < -0.39 is 17.9 Å². The van der Waals surface area contributed by atoms with E-state index in [-0.39, 0.29) is 31.6 Å². The first-order valence-electron chi connectivity index (χ1n) is 9.63. The van der Waals surface area contributed by atoms with Gasteiger partial charge in [0.25, 0.3) is 0 Å². The van der Waals surface area contributed by atoms with E-state index in [1.54, 1.807) is 12.4 Å². The Balaban J connectivity index is 1.55. The summed E-state index contributed by atoms with van der Waals surface area (Å²) < 4.78 is 9.67. The number of carbonyl (C=O) groups excluding carboxylic acids is 3. The molecule has 0 unspecified atom stereocenters. The zero-order valence-electron chi connectivity index (χ0n) is 17.3. The van der Waals surface area contributed by atoms with Gasteiger partial charge in [-0.2, -0.15) is 0 Å². The van der Waals surface area contributed by atoms with E-state index in [9.17, 15) is 14.4 Å². The predicted molar refractivity (Wildman–Crippen MR) is 130 cm³/mol. The highest BCUT2D eigenvalue weighted by atomic mass is 33.1. The molecule has 0 atom stereocenters. The molecule has 0 aliphatic rings. The number of nitrogens with zero attached hydrogens (tertiary/aromatic N) is 3. The summed E-state index contributed by atoms with van der Waals surface area (Å²) in [5.74, 6) is -1.44. The maximum Gasteiger partial charge on any atom is 0.314 e. The highest BCUT2D eigenvalue weighted by molar-refractivity contribution is 8.77. The fourth-order valence-corrected chi connectivity index (χ4v) is 5.69. The van der Waals surface area contributed by atoms with E-state index in [0.717, 1.165) is 10.1 Å². The number of hydrogen-bond acceptors (Lipinski definition) is 13. The Kier molecular flexibility index (Phi) is 13.4. The normalized spacial score (nSPS) is 11.1. The summed E-state index contributed by atoms with van der Waals surface area (Å²) in [6, 6.07) is 11.1. The molecular formula is C20H21N3O6S4. The highest BCUT2D eigenvalue weighted by Gasteiger charge is 2.15. The lowest BCUT2D eigenvalue weighted by molar-refractivity contribution is -0.159. The van der Waals surface area contributed by atoms with Crippen molar-refractivity contribution in [3.05, 3.63) is 48.8 Å². The third-order valence-corrected chi connectivity index (χ3v) is 7.99. The molecule has 0 aromatic carbocycles. The van der Waals surface area contributed by atoms with Crippen LogP contribution in [0.25, 0.3) is 0 Å². The van der Waals surface area contributed by atoms with Crippen molar-refractivity contribution in [3.63, 3.8) is 0 Å². The van der Waals surface area contributed by atoms with Crippen LogP contribution in [0.15, 0.2) is 64.0 Å². The van der Waals surface area contributed by atoms with Gasteiger partial charge in [-0.1, -0.05) is 38.9 Å². The molecule has 0 spiro atoms. The molecule has 0 saturated heterocycles. The van der Waals surface area contributed by atoms with Gasteiger partial charge >= 0.3 is 17.9 Å². The second-order valence-corrected chi connectivity index (χ2v) is 10.8. The molecule has 0 saturated carbocycles. The molecule has 2 rings (SSSR count). The molecule has 0 aliphatic heterocycles. The lowest BCUT2D eigenvalue weighted by Gasteiger charge is -2.06. The zero-order valence-corrected chi connectivity index (χ0v) is 20.6. The van der Waals surface area contributed by atoms with E-state index in [4.69, 9.17) is 14.7 Å². The zero-order chi connectivity index (χ0) is 23.7. The molecule has 0 aliphatic carbocycles. The number of esters is 3. The fraction of sp³-hybridized carbons (Fsp3) is 0.300. The molecule has 0 radical (unpaired) electrons. The summed E-state index contributed by atoms with van der Waals surface area (Å²) in [5, 5.41) is 13.5. The van der Waals surface area contributed by atoms with Crippen molar-refractivity contribution in [2.24, 2.45) is 5.16 Å². The number of pyridine rings is 2. The number of hydrogen-bond donors (Lipinski definition) is 1. The summed E-state index contributed by atoms with van der Waals surface area (Å²) in [6.45, 7) is 0. The molecule has 0 amide bonds. The summed E-state index contributed by atoms with van der Waals surface area (Å²) in [5.41, 5.74) is 0. The van der Waals surface area contributed by atoms with Crippen molar-refractivity contribution < 1.29 is 29.1 Å². The molecule has 176 valence electrons. The first-order valence-corrected chi connectivity index (χ1v) is 14.3. The first kappa shape index (κ1) is 27.0. The number of oxime groups is 1. The van der Waals surface area contributed by atoms with Crippen LogP contribution >= 0.6 is 43.2 Å². The maximum absolute atomic E-state index is 11.9. The molecule has 1 N–H and O–H groups in total. The van der Waals surface area contributed by atoms with Gasteiger partial charge in [0.15, 0.2) is 0 Å². The summed E-state index contributed by atoms with van der Waals surface area (Å²) >= 11 is 0. The molecule has 2 aromatic rings. The van der Waals surface area contributed by atoms with Gasteiger partial charge in [0.05, 0.1) is 19.3 Å². The SMILES string of the molecule is O=C(CCSSc1ccccn1)OC(=O)CC/C(=N/O)OC(=O)CCSSc1ccccn1. The van der Waals surface area contributed by atoms with Crippen LogP contribution in [0.5, 0.6) is 0 Å². The minimum absolute atomic E-state index is 0.0559. The highest BCUT2D eigenvalue weighted by Crippen LogP contribution is 2.30. The molecule has 2 aromatic heterocycles. The van der Waals surface area contributed by atoms with Crippen LogP contribution in [0.1, 0.15) is 25.7 Å². The average molecular weight is 528 g/mol. The van der Waals surface area contributed by atoms with Gasteiger partial charge in [-0.05, 0) is 45.9 Å². The smallest absolute Gasteiger partial charge is 0.314 e. The van der Waals surface area contributed by atoms with Gasteiger partial charge < -0.3 is 14.7 Å². The fourth-order valence-electron chi connectivity index (χ4n) is 1.99. The Morgan fingerprint density at radius 2 is 1.27 bits per heavy atom. The molecule has 33 heavy (non-hydrogen) atoms. The van der Waals surface area contributed by atoms with Crippen molar-refractivity contribution in [1.82, 2.24) is 9.97 Å². The third-order valence-electron chi connectivity index (χ3n) is 3.46. The van der Waals surface area contributed by atoms with Crippen molar-refractivity contribution in [2.75, 3.05) is 11.5 Å². The van der Waals surface area contributed by atoms with E-state index in [1.165, 1.54) is 43.2 Å². The largest absolute Gasteiger partial charge is 0.408 e. The van der Waals surface area contributed by atoms with Gasteiger partial charge in [-0.25, -0.2) is 9.97 Å². The average Bonchev–Trinajstić information content (AvgIpc) is 2.83. The van der Waals surface area contributed by atoms with Crippen LogP contribution in [-0.4, -0.2) is 50.5 Å². The predicted octanol–water partition coefficient (Wildman–Crippen LogP) is 4.62. The lowest BCUT2D eigenvalue weighted by atomic mass is 10.3. The molecule has 9 nitrogen and oxygen atoms in total.